The predicted molar refractivity (Wildman–Crippen MR) is 71.5 cm³/mol. The van der Waals surface area contributed by atoms with Crippen LogP contribution in [0.2, 0.25) is 0 Å². The summed E-state index contributed by atoms with van der Waals surface area (Å²) in [4.78, 5) is 31.5. The summed E-state index contributed by atoms with van der Waals surface area (Å²) < 4.78 is 9.87. The highest BCUT2D eigenvalue weighted by atomic mass is 16.6. The quantitative estimate of drug-likeness (QED) is 0.445. The summed E-state index contributed by atoms with van der Waals surface area (Å²) in [5.74, 6) is -0.910. The molecule has 1 heterocycles. The van der Waals surface area contributed by atoms with Gasteiger partial charge in [0.25, 0.3) is 5.91 Å². The number of carbonyl (C=O) groups is 2. The van der Waals surface area contributed by atoms with Gasteiger partial charge in [-0.15, -0.1) is 0 Å². The topological polar surface area (TPSA) is 89.7 Å². The number of nitrogens with one attached hydrogen (secondary N) is 2. The lowest BCUT2D eigenvalue weighted by atomic mass is 10.1. The highest BCUT2D eigenvalue weighted by Gasteiger charge is 2.22. The largest absolute Gasteiger partial charge is 0.460 e. The summed E-state index contributed by atoms with van der Waals surface area (Å²) in [6.45, 7) is 5.99. The van der Waals surface area contributed by atoms with Crippen molar-refractivity contribution in [3.8, 4) is 0 Å². The summed E-state index contributed by atoms with van der Waals surface area (Å²) in [6, 6.07) is 0. The molecule has 0 saturated heterocycles. The van der Waals surface area contributed by atoms with Gasteiger partial charge >= 0.3 is 5.97 Å². The first-order valence-electron chi connectivity index (χ1n) is 6.30. The first-order chi connectivity index (χ1) is 9.52. The standard InChI is InChI=1S/C13H20N2O5/c1-5-20-15-12(16)11-8(2)10(9(3)14-11)13(17)19-7-6-18-4/h14H,5-7H2,1-4H3,(H,15,16). The Morgan fingerprint density at radius 3 is 2.55 bits per heavy atom. The van der Waals surface area contributed by atoms with Gasteiger partial charge in [-0.1, -0.05) is 0 Å². The normalized spacial score (nSPS) is 10.4. The Kier molecular flexibility index (Phi) is 6.20. The minimum atomic E-state index is -0.483. The second kappa shape index (κ2) is 7.66. The zero-order chi connectivity index (χ0) is 15.1. The van der Waals surface area contributed by atoms with Gasteiger partial charge in [-0.3, -0.25) is 9.63 Å². The molecule has 0 unspecified atom stereocenters. The molecule has 0 aliphatic carbocycles. The molecular weight excluding hydrogens is 264 g/mol. The number of carbonyl (C=O) groups excluding carboxylic acids is 2. The Morgan fingerprint density at radius 2 is 1.95 bits per heavy atom. The number of aromatic nitrogens is 1. The molecule has 0 aromatic carbocycles. The molecule has 2 N–H and O–H groups in total. The lowest BCUT2D eigenvalue weighted by Crippen LogP contribution is -2.24. The van der Waals surface area contributed by atoms with Gasteiger partial charge < -0.3 is 14.5 Å². The van der Waals surface area contributed by atoms with Crippen LogP contribution in [0.1, 0.15) is 39.0 Å². The fourth-order valence-corrected chi connectivity index (χ4v) is 1.76. The zero-order valence-corrected chi connectivity index (χ0v) is 12.2. The third-order valence-electron chi connectivity index (χ3n) is 2.70. The minimum absolute atomic E-state index is 0.167. The number of hydrogen-bond donors (Lipinski definition) is 2. The highest BCUT2D eigenvalue weighted by Crippen LogP contribution is 2.19. The number of hydrogen-bond acceptors (Lipinski definition) is 5. The van der Waals surface area contributed by atoms with Gasteiger partial charge in [0, 0.05) is 12.8 Å². The van der Waals surface area contributed by atoms with E-state index in [2.05, 4.69) is 10.5 Å². The van der Waals surface area contributed by atoms with Gasteiger partial charge in [-0.25, -0.2) is 10.3 Å². The van der Waals surface area contributed by atoms with E-state index in [1.807, 2.05) is 0 Å². The monoisotopic (exact) mass is 284 g/mol. The average molecular weight is 284 g/mol. The van der Waals surface area contributed by atoms with Crippen LogP contribution >= 0.6 is 0 Å². The third kappa shape index (κ3) is 3.82. The number of aryl methyl sites for hydroxylation is 1. The summed E-state index contributed by atoms with van der Waals surface area (Å²) in [6.07, 6.45) is 0. The maximum absolute atomic E-state index is 12.0. The molecule has 0 aliphatic rings. The molecule has 0 bridgehead atoms. The van der Waals surface area contributed by atoms with Crippen LogP contribution in [0.15, 0.2) is 0 Å². The van der Waals surface area contributed by atoms with Crippen molar-refractivity contribution < 1.29 is 23.9 Å². The van der Waals surface area contributed by atoms with E-state index in [1.165, 1.54) is 7.11 Å². The summed E-state index contributed by atoms with van der Waals surface area (Å²) in [5.41, 5.74) is 4.03. The number of hydroxylamine groups is 1. The fourth-order valence-electron chi connectivity index (χ4n) is 1.76. The first kappa shape index (κ1) is 16.2. The van der Waals surface area contributed by atoms with E-state index in [0.717, 1.165) is 0 Å². The summed E-state index contributed by atoms with van der Waals surface area (Å²) in [7, 11) is 1.52. The summed E-state index contributed by atoms with van der Waals surface area (Å²) >= 11 is 0. The molecule has 7 heteroatoms. The van der Waals surface area contributed by atoms with Crippen molar-refractivity contribution in [1.82, 2.24) is 10.5 Å². The third-order valence-corrected chi connectivity index (χ3v) is 2.70. The van der Waals surface area contributed by atoms with Crippen LogP contribution in [0, 0.1) is 13.8 Å². The molecule has 20 heavy (non-hydrogen) atoms. The molecule has 0 fully saturated rings. The van der Waals surface area contributed by atoms with Crippen LogP contribution < -0.4 is 5.48 Å². The molecule has 0 aliphatic heterocycles. The number of rotatable bonds is 7. The minimum Gasteiger partial charge on any atom is -0.460 e. The number of methoxy groups -OCH3 is 1. The Bertz CT molecular complexity index is 481. The van der Waals surface area contributed by atoms with Crippen LogP contribution in [0.25, 0.3) is 0 Å². The Balaban J connectivity index is 2.85. The molecule has 112 valence electrons. The van der Waals surface area contributed by atoms with Gasteiger partial charge in [0.2, 0.25) is 0 Å². The smallest absolute Gasteiger partial charge is 0.340 e. The number of esters is 1. The van der Waals surface area contributed by atoms with Crippen molar-refractivity contribution in [1.29, 1.82) is 0 Å². The second-order valence-electron chi connectivity index (χ2n) is 4.12. The molecule has 1 aromatic heterocycles. The van der Waals surface area contributed by atoms with Gasteiger partial charge in [0.1, 0.15) is 12.3 Å². The van der Waals surface area contributed by atoms with Crippen molar-refractivity contribution >= 4 is 11.9 Å². The summed E-state index contributed by atoms with van der Waals surface area (Å²) in [5, 5.41) is 0. The molecule has 0 atom stereocenters. The van der Waals surface area contributed by atoms with Crippen molar-refractivity contribution in [3.63, 3.8) is 0 Å². The maximum atomic E-state index is 12.0. The number of H-pyrrole nitrogens is 1. The van der Waals surface area contributed by atoms with Crippen LogP contribution in [-0.4, -0.2) is 43.8 Å². The van der Waals surface area contributed by atoms with Gasteiger partial charge in [0.05, 0.1) is 18.8 Å². The molecular formula is C13H20N2O5. The maximum Gasteiger partial charge on any atom is 0.340 e. The van der Waals surface area contributed by atoms with E-state index in [4.69, 9.17) is 14.3 Å². The lowest BCUT2D eigenvalue weighted by molar-refractivity contribution is 0.0359. The van der Waals surface area contributed by atoms with Gasteiger partial charge in [-0.05, 0) is 26.3 Å². The van der Waals surface area contributed by atoms with E-state index in [1.54, 1.807) is 20.8 Å². The van der Waals surface area contributed by atoms with E-state index in [-0.39, 0.29) is 12.3 Å². The number of amides is 1. The Morgan fingerprint density at radius 1 is 1.25 bits per heavy atom. The van der Waals surface area contributed by atoms with E-state index >= 15 is 0 Å². The molecule has 1 rings (SSSR count). The van der Waals surface area contributed by atoms with E-state index in [0.29, 0.717) is 30.0 Å². The number of aromatic amines is 1. The van der Waals surface area contributed by atoms with Crippen molar-refractivity contribution in [2.24, 2.45) is 0 Å². The second-order valence-corrected chi connectivity index (χ2v) is 4.12. The van der Waals surface area contributed by atoms with Crippen LogP contribution in [0.3, 0.4) is 0 Å². The fraction of sp³-hybridized carbons (Fsp3) is 0.538. The Labute approximate surface area is 117 Å². The molecule has 1 amide bonds. The SMILES string of the molecule is CCONC(=O)c1[nH]c(C)c(C(=O)OCCOC)c1C. The zero-order valence-electron chi connectivity index (χ0n) is 12.2. The van der Waals surface area contributed by atoms with Crippen molar-refractivity contribution in [2.45, 2.75) is 20.8 Å². The molecule has 1 aromatic rings. The Hall–Kier alpha value is -1.86. The highest BCUT2D eigenvalue weighted by molar-refractivity contribution is 6.00. The van der Waals surface area contributed by atoms with Gasteiger partial charge in [0.15, 0.2) is 0 Å². The van der Waals surface area contributed by atoms with Crippen LogP contribution in [0.5, 0.6) is 0 Å². The van der Waals surface area contributed by atoms with Crippen molar-refractivity contribution in [2.75, 3.05) is 26.9 Å². The molecule has 7 nitrogen and oxygen atoms in total. The van der Waals surface area contributed by atoms with E-state index in [9.17, 15) is 9.59 Å². The number of ether oxygens (including phenoxy) is 2. The first-order valence-corrected chi connectivity index (χ1v) is 6.30. The predicted octanol–water partition coefficient (Wildman–Crippen LogP) is 1.12. The molecule has 0 saturated carbocycles. The van der Waals surface area contributed by atoms with Crippen molar-refractivity contribution in [3.05, 3.63) is 22.5 Å². The molecule has 0 spiro atoms. The van der Waals surface area contributed by atoms with Crippen LogP contribution in [0.4, 0.5) is 0 Å². The van der Waals surface area contributed by atoms with E-state index < -0.39 is 11.9 Å². The average Bonchev–Trinajstić information content (AvgIpc) is 2.71. The molecule has 0 radical (unpaired) electrons. The lowest BCUT2D eigenvalue weighted by Gasteiger charge is -2.05. The van der Waals surface area contributed by atoms with Gasteiger partial charge in [-0.2, -0.15) is 0 Å². The van der Waals surface area contributed by atoms with Crippen LogP contribution in [-0.2, 0) is 14.3 Å².